The molecule has 0 amide bonds. The van der Waals surface area contributed by atoms with Crippen LogP contribution in [-0.4, -0.2) is 35.0 Å². The molecule has 1 N–H and O–H groups in total. The molecule has 0 aromatic carbocycles. The van der Waals surface area contributed by atoms with Gasteiger partial charge in [0.15, 0.2) is 5.01 Å². The van der Waals surface area contributed by atoms with Crippen molar-refractivity contribution in [2.75, 3.05) is 0 Å². The summed E-state index contributed by atoms with van der Waals surface area (Å²) in [6, 6.07) is 5.65. The zero-order valence-electron chi connectivity index (χ0n) is 10.8. The minimum absolute atomic E-state index is 0.622. The quantitative estimate of drug-likeness (QED) is 0.593. The summed E-state index contributed by atoms with van der Waals surface area (Å²) in [5.41, 5.74) is 2.47. The molecule has 0 fully saturated rings. The van der Waals surface area contributed by atoms with E-state index in [0.717, 1.165) is 26.6 Å². The van der Waals surface area contributed by atoms with Crippen molar-refractivity contribution in [1.29, 1.82) is 0 Å². The Balaban J connectivity index is 1.89. The Morgan fingerprint density at radius 3 is 2.90 bits per heavy atom. The van der Waals surface area contributed by atoms with Crippen LogP contribution in [0.25, 0.3) is 27.2 Å². The highest BCUT2D eigenvalue weighted by Crippen LogP contribution is 2.32. The SMILES string of the molecule is Cc1[nH]nc(-c2nn3c(-c4ccccn4)nnc3s2)c1Br. The van der Waals surface area contributed by atoms with Crippen molar-refractivity contribution < 1.29 is 0 Å². The highest BCUT2D eigenvalue weighted by atomic mass is 79.9. The molecule has 7 nitrogen and oxygen atoms in total. The molecule has 0 unspecified atom stereocenters. The maximum atomic E-state index is 4.55. The Hall–Kier alpha value is -2.13. The van der Waals surface area contributed by atoms with Gasteiger partial charge in [0, 0.05) is 11.9 Å². The second-order valence-corrected chi connectivity index (χ2v) is 6.10. The van der Waals surface area contributed by atoms with Gasteiger partial charge in [0.05, 0.1) is 4.47 Å². The van der Waals surface area contributed by atoms with Crippen LogP contribution in [0.3, 0.4) is 0 Å². The second-order valence-electron chi connectivity index (χ2n) is 4.35. The average molecular weight is 362 g/mol. The standard InChI is InChI=1S/C12H8BrN7S/c1-6-8(13)9(16-15-6)11-19-20-10(17-18-12(20)21-11)7-4-2-3-5-14-7/h2-5H,1H3,(H,15,16). The maximum absolute atomic E-state index is 4.55. The molecule has 4 aromatic rings. The number of hydrogen-bond acceptors (Lipinski definition) is 6. The van der Waals surface area contributed by atoms with Crippen molar-refractivity contribution in [3.63, 3.8) is 0 Å². The topological polar surface area (TPSA) is 84.7 Å². The van der Waals surface area contributed by atoms with Gasteiger partial charge in [-0.05, 0) is 35.0 Å². The molecule has 104 valence electrons. The van der Waals surface area contributed by atoms with E-state index in [-0.39, 0.29) is 0 Å². The molecule has 0 radical (unpaired) electrons. The molecule has 4 aromatic heterocycles. The molecule has 4 rings (SSSR count). The molecule has 4 heterocycles. The van der Waals surface area contributed by atoms with E-state index in [1.807, 2.05) is 25.1 Å². The van der Waals surface area contributed by atoms with E-state index in [1.165, 1.54) is 11.3 Å². The first-order chi connectivity index (χ1) is 10.2. The van der Waals surface area contributed by atoms with Crippen molar-refractivity contribution in [3.8, 4) is 22.2 Å². The number of aryl methyl sites for hydroxylation is 1. The zero-order valence-corrected chi connectivity index (χ0v) is 13.2. The van der Waals surface area contributed by atoms with Crippen LogP contribution in [0.1, 0.15) is 5.69 Å². The smallest absolute Gasteiger partial charge is 0.235 e. The highest BCUT2D eigenvalue weighted by molar-refractivity contribution is 9.10. The molecule has 0 aliphatic heterocycles. The largest absolute Gasteiger partial charge is 0.281 e. The second kappa shape index (κ2) is 4.71. The van der Waals surface area contributed by atoms with Crippen molar-refractivity contribution in [1.82, 2.24) is 35.0 Å². The summed E-state index contributed by atoms with van der Waals surface area (Å²) in [4.78, 5) is 4.99. The number of fused-ring (bicyclic) bond motifs is 1. The van der Waals surface area contributed by atoms with Crippen LogP contribution in [0.4, 0.5) is 0 Å². The van der Waals surface area contributed by atoms with Crippen molar-refractivity contribution >= 4 is 32.2 Å². The molecule has 0 atom stereocenters. The molecular weight excluding hydrogens is 354 g/mol. The third-order valence-electron chi connectivity index (χ3n) is 2.96. The van der Waals surface area contributed by atoms with Crippen molar-refractivity contribution in [3.05, 3.63) is 34.6 Å². The average Bonchev–Trinajstić information content (AvgIpc) is 3.15. The predicted molar refractivity (Wildman–Crippen MR) is 81.9 cm³/mol. The van der Waals surface area contributed by atoms with Gasteiger partial charge in [-0.25, -0.2) is 0 Å². The number of halogens is 1. The number of rotatable bonds is 2. The van der Waals surface area contributed by atoms with Crippen LogP contribution in [0.2, 0.25) is 0 Å². The molecule has 21 heavy (non-hydrogen) atoms. The Labute approximate surface area is 131 Å². The van der Waals surface area contributed by atoms with Crippen LogP contribution in [0.5, 0.6) is 0 Å². The highest BCUT2D eigenvalue weighted by Gasteiger charge is 2.18. The fourth-order valence-corrected chi connectivity index (χ4v) is 3.26. The van der Waals surface area contributed by atoms with Crippen LogP contribution in [0, 0.1) is 6.92 Å². The van der Waals surface area contributed by atoms with E-state index in [9.17, 15) is 0 Å². The monoisotopic (exact) mass is 361 g/mol. The van der Waals surface area contributed by atoms with Crippen molar-refractivity contribution in [2.45, 2.75) is 6.92 Å². The maximum Gasteiger partial charge on any atom is 0.235 e. The number of pyridine rings is 1. The van der Waals surface area contributed by atoms with Crippen LogP contribution >= 0.6 is 27.3 Å². The Kier molecular flexibility index (Phi) is 2.82. The first kappa shape index (κ1) is 12.6. The first-order valence-corrected chi connectivity index (χ1v) is 7.69. The third kappa shape index (κ3) is 1.96. The summed E-state index contributed by atoms with van der Waals surface area (Å²) in [6.07, 6.45) is 1.72. The number of aromatic amines is 1. The number of hydrogen-bond donors (Lipinski definition) is 1. The summed E-state index contributed by atoms with van der Waals surface area (Å²) >= 11 is 4.94. The molecule has 0 aliphatic carbocycles. The molecule has 0 saturated carbocycles. The van der Waals surface area contributed by atoms with E-state index in [4.69, 9.17) is 0 Å². The van der Waals surface area contributed by atoms with Gasteiger partial charge in [0.2, 0.25) is 10.8 Å². The first-order valence-electron chi connectivity index (χ1n) is 6.08. The Bertz CT molecular complexity index is 924. The van der Waals surface area contributed by atoms with E-state index in [1.54, 1.807) is 10.7 Å². The van der Waals surface area contributed by atoms with Gasteiger partial charge in [-0.15, -0.1) is 10.2 Å². The summed E-state index contributed by atoms with van der Waals surface area (Å²) in [6.45, 7) is 1.94. The summed E-state index contributed by atoms with van der Waals surface area (Å²) < 4.78 is 2.60. The molecular formula is C12H8BrN7S. The van der Waals surface area contributed by atoms with E-state index in [2.05, 4.69) is 46.4 Å². The lowest BCUT2D eigenvalue weighted by molar-refractivity contribution is 0.954. The summed E-state index contributed by atoms with van der Waals surface area (Å²) in [7, 11) is 0. The lowest BCUT2D eigenvalue weighted by atomic mass is 10.3. The van der Waals surface area contributed by atoms with Crippen LogP contribution < -0.4 is 0 Å². The van der Waals surface area contributed by atoms with Crippen molar-refractivity contribution in [2.24, 2.45) is 0 Å². The zero-order chi connectivity index (χ0) is 14.4. The Morgan fingerprint density at radius 1 is 1.29 bits per heavy atom. The fourth-order valence-electron chi connectivity index (χ4n) is 1.92. The molecule has 9 heteroatoms. The number of aromatic nitrogens is 7. The van der Waals surface area contributed by atoms with E-state index < -0.39 is 0 Å². The van der Waals surface area contributed by atoms with Crippen LogP contribution in [0.15, 0.2) is 28.9 Å². The Morgan fingerprint density at radius 2 is 2.19 bits per heavy atom. The van der Waals surface area contributed by atoms with Gasteiger partial charge in [-0.3, -0.25) is 10.1 Å². The number of nitrogens with zero attached hydrogens (tertiary/aromatic N) is 6. The number of nitrogens with one attached hydrogen (secondary N) is 1. The fraction of sp³-hybridized carbons (Fsp3) is 0.0833. The lowest BCUT2D eigenvalue weighted by Crippen LogP contribution is -1.92. The molecule has 0 bridgehead atoms. The minimum Gasteiger partial charge on any atom is -0.281 e. The molecule has 0 aliphatic rings. The van der Waals surface area contributed by atoms with Gasteiger partial charge in [-0.1, -0.05) is 17.4 Å². The summed E-state index contributed by atoms with van der Waals surface area (Å²) in [5.74, 6) is 0.622. The normalized spacial score (nSPS) is 11.3. The van der Waals surface area contributed by atoms with Gasteiger partial charge >= 0.3 is 0 Å². The minimum atomic E-state index is 0.622. The summed E-state index contributed by atoms with van der Waals surface area (Å²) in [5, 5.41) is 20.8. The molecule has 0 spiro atoms. The molecule has 0 saturated heterocycles. The van der Waals surface area contributed by atoms with Gasteiger partial charge in [0.25, 0.3) is 0 Å². The van der Waals surface area contributed by atoms with Gasteiger partial charge in [0.1, 0.15) is 11.4 Å². The number of H-pyrrole nitrogens is 1. The predicted octanol–water partition coefficient (Wildman–Crippen LogP) is 2.71. The lowest BCUT2D eigenvalue weighted by Gasteiger charge is -1.94. The van der Waals surface area contributed by atoms with E-state index in [0.29, 0.717) is 10.8 Å². The van der Waals surface area contributed by atoms with Crippen LogP contribution in [-0.2, 0) is 0 Å². The van der Waals surface area contributed by atoms with Gasteiger partial charge < -0.3 is 0 Å². The third-order valence-corrected chi connectivity index (χ3v) is 4.84. The van der Waals surface area contributed by atoms with E-state index >= 15 is 0 Å². The van der Waals surface area contributed by atoms with Gasteiger partial charge in [-0.2, -0.15) is 14.7 Å².